The summed E-state index contributed by atoms with van der Waals surface area (Å²) in [5.41, 5.74) is 8.80. The van der Waals surface area contributed by atoms with Gasteiger partial charge in [-0.3, -0.25) is 0 Å². The van der Waals surface area contributed by atoms with Gasteiger partial charge in [-0.05, 0) is 47.6 Å². The number of aryl methyl sites for hydroxylation is 2. The van der Waals surface area contributed by atoms with Crippen LogP contribution in [-0.4, -0.2) is 0 Å². The number of pyridine rings is 1. The van der Waals surface area contributed by atoms with E-state index in [9.17, 15) is 0 Å². The van der Waals surface area contributed by atoms with Crippen molar-refractivity contribution in [1.82, 2.24) is 0 Å². The SMILES string of the molecule is [C-]#[N+]c1c(CC(C)C)cc(-c2ccccc2)c2c1oc1c(-c3cccc[n+]3C)c(C)ccc12. The molecule has 162 valence electrons. The van der Waals surface area contributed by atoms with Gasteiger partial charge in [-0.2, -0.15) is 0 Å². The Bertz CT molecular complexity index is 1540. The highest BCUT2D eigenvalue weighted by Crippen LogP contribution is 2.46. The molecule has 0 amide bonds. The zero-order valence-corrected chi connectivity index (χ0v) is 19.5. The average Bonchev–Trinajstić information content (AvgIpc) is 3.19. The highest BCUT2D eigenvalue weighted by atomic mass is 16.3. The Labute approximate surface area is 194 Å². The number of benzene rings is 3. The molecule has 0 unspecified atom stereocenters. The van der Waals surface area contributed by atoms with Crippen molar-refractivity contribution >= 4 is 27.6 Å². The van der Waals surface area contributed by atoms with Crippen LogP contribution in [0.4, 0.5) is 5.69 Å². The van der Waals surface area contributed by atoms with Crippen LogP contribution in [-0.2, 0) is 13.5 Å². The van der Waals surface area contributed by atoms with Crippen molar-refractivity contribution in [1.29, 1.82) is 0 Å². The van der Waals surface area contributed by atoms with Crippen LogP contribution in [0.2, 0.25) is 0 Å². The van der Waals surface area contributed by atoms with E-state index in [1.165, 1.54) is 0 Å². The molecule has 5 aromatic rings. The lowest BCUT2D eigenvalue weighted by molar-refractivity contribution is -0.660. The average molecular weight is 432 g/mol. The van der Waals surface area contributed by atoms with Crippen molar-refractivity contribution in [3.8, 4) is 22.4 Å². The summed E-state index contributed by atoms with van der Waals surface area (Å²) in [4.78, 5) is 3.98. The van der Waals surface area contributed by atoms with Gasteiger partial charge in [0.2, 0.25) is 11.4 Å². The molecule has 0 bridgehead atoms. The van der Waals surface area contributed by atoms with E-state index in [1.54, 1.807) is 0 Å². The van der Waals surface area contributed by atoms with Crippen molar-refractivity contribution in [3.63, 3.8) is 0 Å². The minimum Gasteiger partial charge on any atom is -0.466 e. The van der Waals surface area contributed by atoms with Crippen LogP contribution in [0.1, 0.15) is 25.0 Å². The van der Waals surface area contributed by atoms with Crippen molar-refractivity contribution in [2.24, 2.45) is 13.0 Å². The zero-order chi connectivity index (χ0) is 23.1. The van der Waals surface area contributed by atoms with Crippen LogP contribution in [0.15, 0.2) is 77.3 Å². The molecule has 3 nitrogen and oxygen atoms in total. The lowest BCUT2D eigenvalue weighted by atomic mass is 9.91. The van der Waals surface area contributed by atoms with Crippen molar-refractivity contribution in [2.45, 2.75) is 27.2 Å². The summed E-state index contributed by atoms with van der Waals surface area (Å²) < 4.78 is 8.77. The van der Waals surface area contributed by atoms with E-state index in [-0.39, 0.29) is 0 Å². The van der Waals surface area contributed by atoms with E-state index in [4.69, 9.17) is 11.0 Å². The van der Waals surface area contributed by atoms with E-state index in [0.29, 0.717) is 17.2 Å². The Morgan fingerprint density at radius 2 is 1.73 bits per heavy atom. The number of furan rings is 1. The number of rotatable bonds is 4. The molecule has 0 saturated carbocycles. The van der Waals surface area contributed by atoms with Crippen LogP contribution in [0.25, 0.3) is 49.2 Å². The van der Waals surface area contributed by atoms with Crippen LogP contribution in [0.3, 0.4) is 0 Å². The quantitative estimate of drug-likeness (QED) is 0.210. The summed E-state index contributed by atoms with van der Waals surface area (Å²) in [6.07, 6.45) is 2.89. The molecule has 0 aliphatic carbocycles. The third-order valence-electron chi connectivity index (χ3n) is 6.31. The molecule has 5 rings (SSSR count). The second-order valence-electron chi connectivity index (χ2n) is 9.14. The fraction of sp³-hybridized carbons (Fsp3) is 0.200. The molecular formula is C30H27N2O+. The predicted molar refractivity (Wildman–Crippen MR) is 135 cm³/mol. The molecule has 0 saturated heterocycles. The van der Waals surface area contributed by atoms with E-state index in [2.05, 4.69) is 98.0 Å². The van der Waals surface area contributed by atoms with E-state index >= 15 is 0 Å². The molecule has 2 heterocycles. The molecule has 0 N–H and O–H groups in total. The molecule has 2 aromatic heterocycles. The zero-order valence-electron chi connectivity index (χ0n) is 19.5. The molecule has 3 aromatic carbocycles. The maximum absolute atomic E-state index is 8.01. The first kappa shape index (κ1) is 21.0. The summed E-state index contributed by atoms with van der Waals surface area (Å²) in [6.45, 7) is 14.5. The Morgan fingerprint density at radius 1 is 0.970 bits per heavy atom. The smallest absolute Gasteiger partial charge is 0.232 e. The van der Waals surface area contributed by atoms with Crippen LogP contribution in [0, 0.1) is 19.4 Å². The first-order valence-corrected chi connectivity index (χ1v) is 11.4. The molecule has 0 aliphatic heterocycles. The number of aromatic nitrogens is 1. The van der Waals surface area contributed by atoms with Gasteiger partial charge in [0.15, 0.2) is 6.20 Å². The Kier molecular flexibility index (Phi) is 5.23. The Hall–Kier alpha value is -3.90. The Morgan fingerprint density at radius 3 is 2.42 bits per heavy atom. The fourth-order valence-electron chi connectivity index (χ4n) is 4.82. The van der Waals surface area contributed by atoms with E-state index < -0.39 is 0 Å². The molecule has 0 radical (unpaired) electrons. The maximum Gasteiger partial charge on any atom is 0.232 e. The van der Waals surface area contributed by atoms with Crippen LogP contribution >= 0.6 is 0 Å². The van der Waals surface area contributed by atoms with Crippen LogP contribution in [0.5, 0.6) is 0 Å². The van der Waals surface area contributed by atoms with Gasteiger partial charge in [0.25, 0.3) is 0 Å². The van der Waals surface area contributed by atoms with Gasteiger partial charge in [0.1, 0.15) is 18.2 Å². The number of fused-ring (bicyclic) bond motifs is 3. The van der Waals surface area contributed by atoms with Crippen LogP contribution < -0.4 is 4.57 Å². The molecule has 3 heteroatoms. The lowest BCUT2D eigenvalue weighted by Crippen LogP contribution is -2.30. The highest BCUT2D eigenvalue weighted by Gasteiger charge is 2.25. The normalized spacial score (nSPS) is 11.4. The number of hydrogen-bond acceptors (Lipinski definition) is 1. The lowest BCUT2D eigenvalue weighted by Gasteiger charge is -2.12. The van der Waals surface area contributed by atoms with Gasteiger partial charge in [-0.15, -0.1) is 0 Å². The summed E-state index contributed by atoms with van der Waals surface area (Å²) >= 11 is 0. The van der Waals surface area contributed by atoms with Crippen molar-refractivity contribution in [3.05, 3.63) is 95.5 Å². The van der Waals surface area contributed by atoms with Gasteiger partial charge < -0.3 is 4.42 Å². The third kappa shape index (κ3) is 3.49. The largest absolute Gasteiger partial charge is 0.466 e. The van der Waals surface area contributed by atoms with Gasteiger partial charge >= 0.3 is 0 Å². The minimum absolute atomic E-state index is 0.442. The fourth-order valence-corrected chi connectivity index (χ4v) is 4.82. The minimum atomic E-state index is 0.442. The topological polar surface area (TPSA) is 21.4 Å². The predicted octanol–water partition coefficient (Wildman–Crippen LogP) is 7.80. The molecule has 0 fully saturated rings. The van der Waals surface area contributed by atoms with E-state index in [0.717, 1.165) is 56.3 Å². The number of nitrogens with zero attached hydrogens (tertiary/aromatic N) is 2. The van der Waals surface area contributed by atoms with Crippen molar-refractivity contribution < 1.29 is 8.98 Å². The molecule has 0 spiro atoms. The summed E-state index contributed by atoms with van der Waals surface area (Å²) in [5.74, 6) is 0.442. The number of hydrogen-bond donors (Lipinski definition) is 0. The van der Waals surface area contributed by atoms with Gasteiger partial charge in [-0.25, -0.2) is 9.41 Å². The van der Waals surface area contributed by atoms with Gasteiger partial charge in [0, 0.05) is 22.9 Å². The summed E-state index contributed by atoms with van der Waals surface area (Å²) in [7, 11) is 2.05. The monoisotopic (exact) mass is 431 g/mol. The summed E-state index contributed by atoms with van der Waals surface area (Å²) in [6, 6.07) is 23.1. The second kappa shape index (κ2) is 8.22. The van der Waals surface area contributed by atoms with Crippen molar-refractivity contribution in [2.75, 3.05) is 0 Å². The van der Waals surface area contributed by atoms with Gasteiger partial charge in [0.05, 0.1) is 12.1 Å². The first-order valence-electron chi connectivity index (χ1n) is 11.4. The van der Waals surface area contributed by atoms with Gasteiger partial charge in [-0.1, -0.05) is 62.4 Å². The highest BCUT2D eigenvalue weighted by molar-refractivity contribution is 6.19. The molecule has 33 heavy (non-hydrogen) atoms. The second-order valence-corrected chi connectivity index (χ2v) is 9.14. The van der Waals surface area contributed by atoms with E-state index in [1.807, 2.05) is 12.1 Å². The molecular weight excluding hydrogens is 404 g/mol. The Balaban J connectivity index is 1.96. The summed E-state index contributed by atoms with van der Waals surface area (Å²) in [5, 5.41) is 2.07. The first-order chi connectivity index (χ1) is 16.0. The maximum atomic E-state index is 8.01. The molecule has 0 atom stereocenters. The third-order valence-corrected chi connectivity index (χ3v) is 6.31. The molecule has 0 aliphatic rings. The standard InChI is InChI=1S/C30H27N2O/c1-19(2)17-22-18-24(21-11-7-6-8-12-21)27-23-15-14-20(3)26(25-13-9-10-16-32(25)5)29(23)33-30(27)28(22)31-4/h6-16,18-19H,17H2,1-3,5H3/q+1.